The molecule has 26 heavy (non-hydrogen) atoms. The standard InChI is InChI=1S/C18H14F4N2O2/c19-14-6-3-4-12(10-14)8-9-16(25)23-11-13-5-1-2-7-15(13)24-17(26)18(20,21)22/h1-10H,11H2,(H,23,25)(H,24,26)/b9-8+. The summed E-state index contributed by atoms with van der Waals surface area (Å²) in [7, 11) is 0. The molecule has 2 aromatic rings. The normalized spacial score (nSPS) is 11.4. The Morgan fingerprint density at radius 1 is 1.04 bits per heavy atom. The Hall–Kier alpha value is -3.16. The Balaban J connectivity index is 1.99. The van der Waals surface area contributed by atoms with E-state index in [1.165, 1.54) is 48.6 Å². The van der Waals surface area contributed by atoms with Gasteiger partial charge in [-0.2, -0.15) is 13.2 Å². The molecule has 2 N–H and O–H groups in total. The molecule has 0 aliphatic heterocycles. The maximum absolute atomic E-state index is 13.0. The number of anilines is 1. The molecule has 8 heteroatoms. The maximum Gasteiger partial charge on any atom is 0.471 e. The number of halogens is 4. The number of carbonyl (C=O) groups is 2. The number of nitrogens with one attached hydrogen (secondary N) is 2. The minimum absolute atomic E-state index is 0.0516. The highest BCUT2D eigenvalue weighted by Gasteiger charge is 2.38. The molecular formula is C18H14F4N2O2. The summed E-state index contributed by atoms with van der Waals surface area (Å²) >= 11 is 0. The Bertz CT molecular complexity index is 832. The lowest BCUT2D eigenvalue weighted by atomic mass is 10.1. The van der Waals surface area contributed by atoms with Crippen molar-refractivity contribution in [3.05, 3.63) is 71.6 Å². The SMILES string of the molecule is O=C(/C=C/c1cccc(F)c1)NCc1ccccc1NC(=O)C(F)(F)F. The van der Waals surface area contributed by atoms with Gasteiger partial charge in [-0.1, -0.05) is 30.3 Å². The quantitative estimate of drug-likeness (QED) is 0.627. The van der Waals surface area contributed by atoms with Crippen molar-refractivity contribution < 1.29 is 27.2 Å². The smallest absolute Gasteiger partial charge is 0.348 e. The van der Waals surface area contributed by atoms with Crippen LogP contribution in [-0.2, 0) is 16.1 Å². The molecule has 0 fully saturated rings. The first-order valence-electron chi connectivity index (χ1n) is 7.43. The van der Waals surface area contributed by atoms with Crippen molar-refractivity contribution in [2.75, 3.05) is 5.32 Å². The van der Waals surface area contributed by atoms with Crippen LogP contribution in [0.3, 0.4) is 0 Å². The van der Waals surface area contributed by atoms with Crippen molar-refractivity contribution in [3.63, 3.8) is 0 Å². The predicted octanol–water partition coefficient (Wildman–Crippen LogP) is 3.66. The van der Waals surface area contributed by atoms with Crippen LogP contribution in [0.15, 0.2) is 54.6 Å². The van der Waals surface area contributed by atoms with Crippen LogP contribution in [0.5, 0.6) is 0 Å². The van der Waals surface area contributed by atoms with Gasteiger partial charge in [0.15, 0.2) is 0 Å². The highest BCUT2D eigenvalue weighted by molar-refractivity contribution is 5.96. The second kappa shape index (κ2) is 8.28. The third-order valence-corrected chi connectivity index (χ3v) is 3.25. The van der Waals surface area contributed by atoms with Gasteiger partial charge in [-0.25, -0.2) is 4.39 Å². The number of alkyl halides is 3. The Morgan fingerprint density at radius 3 is 2.46 bits per heavy atom. The summed E-state index contributed by atoms with van der Waals surface area (Å²) in [5.74, 6) is -3.06. The minimum Gasteiger partial charge on any atom is -0.348 e. The van der Waals surface area contributed by atoms with E-state index < -0.39 is 23.8 Å². The predicted molar refractivity (Wildman–Crippen MR) is 88.4 cm³/mol. The molecule has 2 amide bonds. The van der Waals surface area contributed by atoms with Crippen LogP contribution in [-0.4, -0.2) is 18.0 Å². The van der Waals surface area contributed by atoms with Crippen molar-refractivity contribution in [2.45, 2.75) is 12.7 Å². The lowest BCUT2D eigenvalue weighted by Crippen LogP contribution is -2.30. The number of rotatable bonds is 5. The number of carbonyl (C=O) groups excluding carboxylic acids is 2. The molecule has 136 valence electrons. The van der Waals surface area contributed by atoms with E-state index in [2.05, 4.69) is 5.32 Å². The fraction of sp³-hybridized carbons (Fsp3) is 0.111. The largest absolute Gasteiger partial charge is 0.471 e. The number of benzene rings is 2. The Labute approximate surface area is 146 Å². The third-order valence-electron chi connectivity index (χ3n) is 3.25. The minimum atomic E-state index is -5.01. The van der Waals surface area contributed by atoms with Crippen LogP contribution in [0.2, 0.25) is 0 Å². The van der Waals surface area contributed by atoms with Gasteiger partial charge in [-0.05, 0) is 35.4 Å². The van der Waals surface area contributed by atoms with Crippen LogP contribution in [0, 0.1) is 5.82 Å². The van der Waals surface area contributed by atoms with Crippen LogP contribution < -0.4 is 10.6 Å². The molecule has 0 spiro atoms. The Morgan fingerprint density at radius 2 is 1.77 bits per heavy atom. The molecule has 0 aromatic heterocycles. The first-order valence-corrected chi connectivity index (χ1v) is 7.43. The van der Waals surface area contributed by atoms with E-state index in [0.29, 0.717) is 11.1 Å². The molecule has 0 saturated heterocycles. The maximum atomic E-state index is 13.0. The summed E-state index contributed by atoms with van der Waals surface area (Å²) in [6.45, 7) is -0.0966. The molecule has 2 aromatic carbocycles. The van der Waals surface area contributed by atoms with Gasteiger partial charge in [-0.15, -0.1) is 0 Å². The fourth-order valence-electron chi connectivity index (χ4n) is 2.01. The van der Waals surface area contributed by atoms with Crippen molar-refractivity contribution in [2.24, 2.45) is 0 Å². The molecule has 0 radical (unpaired) electrons. The zero-order valence-corrected chi connectivity index (χ0v) is 13.3. The summed E-state index contributed by atoms with van der Waals surface area (Å²) in [6, 6.07) is 11.4. The highest BCUT2D eigenvalue weighted by atomic mass is 19.4. The van der Waals surface area contributed by atoms with E-state index in [4.69, 9.17) is 0 Å². The van der Waals surface area contributed by atoms with Gasteiger partial charge < -0.3 is 10.6 Å². The van der Waals surface area contributed by atoms with Gasteiger partial charge in [-0.3, -0.25) is 9.59 Å². The molecule has 0 aliphatic carbocycles. The molecule has 4 nitrogen and oxygen atoms in total. The van der Waals surface area contributed by atoms with Crippen molar-refractivity contribution in [1.82, 2.24) is 5.32 Å². The van der Waals surface area contributed by atoms with Crippen LogP contribution in [0.25, 0.3) is 6.08 Å². The molecule has 0 saturated carbocycles. The van der Waals surface area contributed by atoms with Crippen LogP contribution >= 0.6 is 0 Å². The average molecular weight is 366 g/mol. The number of hydrogen-bond acceptors (Lipinski definition) is 2. The van der Waals surface area contributed by atoms with Crippen LogP contribution in [0.1, 0.15) is 11.1 Å². The summed E-state index contributed by atoms with van der Waals surface area (Å²) in [4.78, 5) is 22.9. The lowest BCUT2D eigenvalue weighted by molar-refractivity contribution is -0.167. The molecule has 0 bridgehead atoms. The van der Waals surface area contributed by atoms with Crippen molar-refractivity contribution in [1.29, 1.82) is 0 Å². The van der Waals surface area contributed by atoms with Gasteiger partial charge in [0.2, 0.25) is 5.91 Å². The summed E-state index contributed by atoms with van der Waals surface area (Å²) < 4.78 is 50.1. The molecule has 0 aliphatic rings. The number of para-hydroxylation sites is 1. The van der Waals surface area contributed by atoms with E-state index in [1.54, 1.807) is 17.4 Å². The number of hydrogen-bond donors (Lipinski definition) is 2. The van der Waals surface area contributed by atoms with Gasteiger partial charge in [0.25, 0.3) is 0 Å². The topological polar surface area (TPSA) is 58.2 Å². The van der Waals surface area contributed by atoms with Gasteiger partial charge in [0.1, 0.15) is 5.82 Å². The molecule has 0 heterocycles. The summed E-state index contributed by atoms with van der Waals surface area (Å²) in [6.07, 6.45) is -2.44. The summed E-state index contributed by atoms with van der Waals surface area (Å²) in [5, 5.41) is 4.25. The zero-order chi connectivity index (χ0) is 19.2. The monoisotopic (exact) mass is 366 g/mol. The fourth-order valence-corrected chi connectivity index (χ4v) is 2.01. The second-order valence-corrected chi connectivity index (χ2v) is 5.22. The van der Waals surface area contributed by atoms with E-state index in [1.807, 2.05) is 0 Å². The molecule has 0 unspecified atom stereocenters. The van der Waals surface area contributed by atoms with E-state index in [9.17, 15) is 27.2 Å². The van der Waals surface area contributed by atoms with Crippen molar-refractivity contribution >= 4 is 23.6 Å². The third kappa shape index (κ3) is 5.73. The van der Waals surface area contributed by atoms with Gasteiger partial charge in [0, 0.05) is 18.3 Å². The van der Waals surface area contributed by atoms with E-state index in [-0.39, 0.29) is 12.2 Å². The Kier molecular flexibility index (Phi) is 6.11. The molecule has 2 rings (SSSR count). The second-order valence-electron chi connectivity index (χ2n) is 5.22. The number of amides is 2. The zero-order valence-electron chi connectivity index (χ0n) is 13.3. The highest BCUT2D eigenvalue weighted by Crippen LogP contribution is 2.20. The van der Waals surface area contributed by atoms with Crippen molar-refractivity contribution in [3.8, 4) is 0 Å². The summed E-state index contributed by atoms with van der Waals surface area (Å²) in [5.41, 5.74) is 0.736. The molecular weight excluding hydrogens is 352 g/mol. The van der Waals surface area contributed by atoms with Crippen LogP contribution in [0.4, 0.5) is 23.2 Å². The molecule has 0 atom stereocenters. The van der Waals surface area contributed by atoms with E-state index in [0.717, 1.165) is 0 Å². The lowest BCUT2D eigenvalue weighted by Gasteiger charge is -2.12. The van der Waals surface area contributed by atoms with Gasteiger partial charge >= 0.3 is 12.1 Å². The average Bonchev–Trinajstić information content (AvgIpc) is 2.58. The van der Waals surface area contributed by atoms with Gasteiger partial charge in [0.05, 0.1) is 0 Å². The first kappa shape index (κ1) is 19.2. The van der Waals surface area contributed by atoms with E-state index >= 15 is 0 Å². The first-order chi connectivity index (χ1) is 12.3.